The monoisotopic (exact) mass is 449 g/mol. The Kier molecular flexibility index (Phi) is 6.06. The Labute approximate surface area is 181 Å². The molecule has 32 heavy (non-hydrogen) atoms. The van der Waals surface area contributed by atoms with Crippen LogP contribution in [0.15, 0.2) is 36.7 Å². The van der Waals surface area contributed by atoms with Gasteiger partial charge < -0.3 is 24.6 Å². The molecule has 0 aliphatic carbocycles. The number of rotatable bonds is 8. The van der Waals surface area contributed by atoms with Gasteiger partial charge in [0.25, 0.3) is 5.88 Å². The van der Waals surface area contributed by atoms with E-state index in [1.807, 2.05) is 0 Å². The highest BCUT2D eigenvalue weighted by Gasteiger charge is 2.38. The standard InChI is InChI=1S/C20H21F2N5O5/c1-30-17-15(32-18(21)22)5-13(7-23-17)12-2-3-27-14(4-12)6-16(26-27)25-19(29)24-8-20(9-28)10-31-11-20/h2-7,18,28H,8-11H2,1H3,(H2,24,25,26,29). The van der Waals surface area contributed by atoms with Gasteiger partial charge in [-0.25, -0.2) is 14.3 Å². The number of methoxy groups -OCH3 is 1. The maximum Gasteiger partial charge on any atom is 0.387 e. The van der Waals surface area contributed by atoms with Crippen LogP contribution < -0.4 is 20.1 Å². The van der Waals surface area contributed by atoms with Gasteiger partial charge in [0.1, 0.15) is 0 Å². The van der Waals surface area contributed by atoms with Gasteiger partial charge >= 0.3 is 12.6 Å². The van der Waals surface area contributed by atoms with Crippen LogP contribution >= 0.6 is 0 Å². The van der Waals surface area contributed by atoms with E-state index in [9.17, 15) is 18.7 Å². The molecule has 1 aliphatic heterocycles. The molecule has 1 saturated heterocycles. The van der Waals surface area contributed by atoms with E-state index in [1.54, 1.807) is 28.9 Å². The number of nitrogens with zero attached hydrogens (tertiary/aromatic N) is 3. The SMILES string of the molecule is COc1ncc(-c2ccn3nc(NC(=O)NCC4(CO)COC4)cc3c2)cc1OC(F)F. The largest absolute Gasteiger partial charge is 0.478 e. The lowest BCUT2D eigenvalue weighted by Gasteiger charge is -2.39. The normalized spacial score (nSPS) is 14.8. The van der Waals surface area contributed by atoms with Gasteiger partial charge in [0.05, 0.1) is 37.9 Å². The van der Waals surface area contributed by atoms with E-state index in [0.717, 1.165) is 0 Å². The average molecular weight is 449 g/mol. The summed E-state index contributed by atoms with van der Waals surface area (Å²) in [5, 5.41) is 19.1. The molecular weight excluding hydrogens is 428 g/mol. The van der Waals surface area contributed by atoms with E-state index in [4.69, 9.17) is 9.47 Å². The summed E-state index contributed by atoms with van der Waals surface area (Å²) in [5.74, 6) is 0.0930. The highest BCUT2D eigenvalue weighted by molar-refractivity contribution is 5.89. The molecule has 0 saturated carbocycles. The zero-order valence-electron chi connectivity index (χ0n) is 17.0. The summed E-state index contributed by atoms with van der Waals surface area (Å²) in [6.07, 6.45) is 3.14. The minimum Gasteiger partial charge on any atom is -0.478 e. The van der Waals surface area contributed by atoms with E-state index in [-0.39, 0.29) is 24.8 Å². The number of amides is 2. The van der Waals surface area contributed by atoms with Gasteiger partial charge in [-0.05, 0) is 23.8 Å². The maximum atomic E-state index is 12.7. The molecule has 3 aromatic rings. The maximum absolute atomic E-state index is 12.7. The van der Waals surface area contributed by atoms with E-state index < -0.39 is 18.1 Å². The predicted octanol–water partition coefficient (Wildman–Crippen LogP) is 2.14. The van der Waals surface area contributed by atoms with E-state index in [0.29, 0.717) is 35.7 Å². The molecule has 10 nitrogen and oxygen atoms in total. The first-order valence-electron chi connectivity index (χ1n) is 9.63. The van der Waals surface area contributed by atoms with Crippen LogP contribution in [0.2, 0.25) is 0 Å². The number of urea groups is 1. The van der Waals surface area contributed by atoms with Crippen molar-refractivity contribution < 1.29 is 32.9 Å². The highest BCUT2D eigenvalue weighted by Crippen LogP contribution is 2.32. The smallest absolute Gasteiger partial charge is 0.387 e. The fraction of sp³-hybridized carbons (Fsp3) is 0.350. The van der Waals surface area contributed by atoms with E-state index in [2.05, 4.69) is 25.5 Å². The first kappa shape index (κ1) is 21.7. The number of hydrogen-bond donors (Lipinski definition) is 3. The van der Waals surface area contributed by atoms with Crippen molar-refractivity contribution in [2.75, 3.05) is 38.8 Å². The summed E-state index contributed by atoms with van der Waals surface area (Å²) in [6, 6.07) is 6.10. The molecule has 0 bridgehead atoms. The van der Waals surface area contributed by atoms with Crippen LogP contribution in [-0.2, 0) is 4.74 Å². The zero-order valence-corrected chi connectivity index (χ0v) is 17.0. The van der Waals surface area contributed by atoms with Gasteiger partial charge in [0, 0.05) is 30.6 Å². The zero-order chi connectivity index (χ0) is 22.7. The van der Waals surface area contributed by atoms with Gasteiger partial charge in [-0.15, -0.1) is 5.10 Å². The Hall–Kier alpha value is -3.51. The molecule has 0 atom stereocenters. The van der Waals surface area contributed by atoms with Crippen molar-refractivity contribution in [2.45, 2.75) is 6.61 Å². The van der Waals surface area contributed by atoms with Crippen LogP contribution in [-0.4, -0.2) is 65.8 Å². The van der Waals surface area contributed by atoms with Gasteiger partial charge in [-0.2, -0.15) is 8.78 Å². The third-order valence-electron chi connectivity index (χ3n) is 5.04. The number of anilines is 1. The molecule has 170 valence electrons. The molecule has 0 aromatic carbocycles. The second kappa shape index (κ2) is 8.93. The van der Waals surface area contributed by atoms with Gasteiger partial charge in [0.15, 0.2) is 11.6 Å². The van der Waals surface area contributed by atoms with Crippen molar-refractivity contribution in [3.05, 3.63) is 36.7 Å². The van der Waals surface area contributed by atoms with Crippen molar-refractivity contribution in [1.82, 2.24) is 19.9 Å². The minimum absolute atomic E-state index is 0.0478. The second-order valence-electron chi connectivity index (χ2n) is 7.38. The molecule has 0 unspecified atom stereocenters. The number of ether oxygens (including phenoxy) is 3. The molecule has 12 heteroatoms. The molecular formula is C20H21F2N5O5. The molecule has 1 aliphatic rings. The average Bonchev–Trinajstić information content (AvgIpc) is 3.14. The fourth-order valence-electron chi connectivity index (χ4n) is 3.23. The van der Waals surface area contributed by atoms with Crippen molar-refractivity contribution in [3.8, 4) is 22.8 Å². The number of aliphatic hydroxyl groups is 1. The third kappa shape index (κ3) is 4.55. The summed E-state index contributed by atoms with van der Waals surface area (Å²) in [6.45, 7) is -2.02. The Morgan fingerprint density at radius 3 is 2.81 bits per heavy atom. The summed E-state index contributed by atoms with van der Waals surface area (Å²) in [7, 11) is 1.31. The van der Waals surface area contributed by atoms with E-state index >= 15 is 0 Å². The lowest BCUT2D eigenvalue weighted by Crippen LogP contribution is -2.53. The number of fused-ring (bicyclic) bond motifs is 1. The molecule has 1 fully saturated rings. The Morgan fingerprint density at radius 1 is 1.34 bits per heavy atom. The topological polar surface area (TPSA) is 119 Å². The summed E-state index contributed by atoms with van der Waals surface area (Å²) in [4.78, 5) is 16.2. The van der Waals surface area contributed by atoms with Crippen LogP contribution in [0.25, 0.3) is 16.6 Å². The molecule has 4 rings (SSSR count). The van der Waals surface area contributed by atoms with Gasteiger partial charge in [-0.1, -0.05) is 0 Å². The van der Waals surface area contributed by atoms with Crippen LogP contribution in [0.1, 0.15) is 0 Å². The number of nitrogens with one attached hydrogen (secondary N) is 2. The summed E-state index contributed by atoms with van der Waals surface area (Å²) < 4.78 is 41.4. The molecule has 3 aromatic heterocycles. The van der Waals surface area contributed by atoms with Crippen LogP contribution in [0, 0.1) is 5.41 Å². The number of alkyl halides is 2. The number of hydrogen-bond acceptors (Lipinski definition) is 7. The lowest BCUT2D eigenvalue weighted by molar-refractivity contribution is -0.132. The van der Waals surface area contributed by atoms with Crippen LogP contribution in [0.5, 0.6) is 11.6 Å². The lowest BCUT2D eigenvalue weighted by atomic mass is 9.87. The summed E-state index contributed by atoms with van der Waals surface area (Å²) in [5.41, 5.74) is 1.43. The van der Waals surface area contributed by atoms with Crippen molar-refractivity contribution in [2.24, 2.45) is 5.41 Å². The summed E-state index contributed by atoms with van der Waals surface area (Å²) >= 11 is 0. The molecule has 2 amide bonds. The van der Waals surface area contributed by atoms with Crippen molar-refractivity contribution in [3.63, 3.8) is 0 Å². The van der Waals surface area contributed by atoms with Crippen LogP contribution in [0.4, 0.5) is 19.4 Å². The van der Waals surface area contributed by atoms with Crippen LogP contribution in [0.3, 0.4) is 0 Å². The molecule has 4 heterocycles. The fourth-order valence-corrected chi connectivity index (χ4v) is 3.23. The molecule has 3 N–H and O–H groups in total. The van der Waals surface area contributed by atoms with Crippen molar-refractivity contribution >= 4 is 17.4 Å². The number of aromatic nitrogens is 3. The first-order chi connectivity index (χ1) is 15.4. The Morgan fingerprint density at radius 2 is 2.16 bits per heavy atom. The number of pyridine rings is 2. The quantitative estimate of drug-likeness (QED) is 0.482. The van der Waals surface area contributed by atoms with E-state index in [1.165, 1.54) is 19.4 Å². The van der Waals surface area contributed by atoms with Gasteiger partial charge in [-0.3, -0.25) is 5.32 Å². The van der Waals surface area contributed by atoms with Gasteiger partial charge in [0.2, 0.25) is 0 Å². The Bertz CT molecular complexity index is 1110. The first-order valence-corrected chi connectivity index (χ1v) is 9.63. The number of carbonyl (C=O) groups excluding carboxylic acids is 1. The molecule has 0 spiro atoms. The van der Waals surface area contributed by atoms with Crippen molar-refractivity contribution in [1.29, 1.82) is 0 Å². The molecule has 0 radical (unpaired) electrons. The number of halogens is 2. The number of aliphatic hydroxyl groups excluding tert-OH is 1. The Balaban J connectivity index is 1.49. The number of carbonyl (C=O) groups is 1. The minimum atomic E-state index is -3.01. The predicted molar refractivity (Wildman–Crippen MR) is 109 cm³/mol. The third-order valence-corrected chi connectivity index (χ3v) is 5.04. The second-order valence-corrected chi connectivity index (χ2v) is 7.38. The highest BCUT2D eigenvalue weighted by atomic mass is 19.3.